The van der Waals surface area contributed by atoms with Gasteiger partial charge in [-0.25, -0.2) is 0 Å². The number of allylic oxidation sites excluding steroid dienone is 2. The van der Waals surface area contributed by atoms with E-state index in [0.717, 1.165) is 36.0 Å². The normalized spacial score (nSPS) is 14.2. The van der Waals surface area contributed by atoms with Crippen LogP contribution in [0.25, 0.3) is 0 Å². The first-order valence-corrected chi connectivity index (χ1v) is 10.4. The van der Waals surface area contributed by atoms with E-state index >= 15 is 0 Å². The van der Waals surface area contributed by atoms with Crippen molar-refractivity contribution in [2.24, 2.45) is 0 Å². The van der Waals surface area contributed by atoms with Gasteiger partial charge in [0.25, 0.3) is 0 Å². The van der Waals surface area contributed by atoms with Crippen molar-refractivity contribution in [2.45, 2.75) is 91.9 Å². The van der Waals surface area contributed by atoms with Crippen molar-refractivity contribution in [2.75, 3.05) is 0 Å². The summed E-state index contributed by atoms with van der Waals surface area (Å²) in [5.41, 5.74) is 4.74. The number of carbonyl (C=O) groups is 2. The molecule has 0 atom stereocenters. The summed E-state index contributed by atoms with van der Waals surface area (Å²) < 4.78 is 0. The first-order chi connectivity index (χ1) is 12.5. The summed E-state index contributed by atoms with van der Waals surface area (Å²) >= 11 is 0. The van der Waals surface area contributed by atoms with Crippen molar-refractivity contribution in [3.05, 3.63) is 45.5 Å². The molecule has 1 aromatic rings. The van der Waals surface area contributed by atoms with Gasteiger partial charge in [-0.2, -0.15) is 0 Å². The molecule has 0 bridgehead atoms. The number of hydrogen-bond acceptors (Lipinski definition) is 2. The summed E-state index contributed by atoms with van der Waals surface area (Å²) in [4.78, 5) is 25.6. The fourth-order valence-electron chi connectivity index (χ4n) is 3.78. The van der Waals surface area contributed by atoms with Gasteiger partial charge in [0.2, 0.25) is 0 Å². The molecule has 2 heteroatoms. The molecule has 142 valence electrons. The Morgan fingerprint density at radius 1 is 0.654 bits per heavy atom. The summed E-state index contributed by atoms with van der Waals surface area (Å²) in [6.45, 7) is 8.05. The fraction of sp³-hybridized carbons (Fsp3) is 0.583. The van der Waals surface area contributed by atoms with E-state index in [0.29, 0.717) is 16.7 Å². The van der Waals surface area contributed by atoms with Gasteiger partial charge < -0.3 is 0 Å². The summed E-state index contributed by atoms with van der Waals surface area (Å²) in [7, 11) is 0. The molecule has 0 heterocycles. The number of fused-ring (bicyclic) bond motifs is 1. The van der Waals surface area contributed by atoms with Gasteiger partial charge in [0, 0.05) is 22.3 Å². The molecule has 26 heavy (non-hydrogen) atoms. The lowest BCUT2D eigenvalue weighted by Gasteiger charge is -2.20. The molecule has 0 saturated heterocycles. The molecule has 1 aliphatic rings. The highest BCUT2D eigenvalue weighted by Gasteiger charge is 2.29. The number of carbonyl (C=O) groups excluding carboxylic acids is 2. The van der Waals surface area contributed by atoms with Crippen LogP contribution < -0.4 is 0 Å². The first-order valence-electron chi connectivity index (χ1n) is 10.4. The fourth-order valence-corrected chi connectivity index (χ4v) is 3.78. The molecule has 0 radical (unpaired) electrons. The Kier molecular flexibility index (Phi) is 7.81. The third-order valence-electron chi connectivity index (χ3n) is 5.72. The lowest BCUT2D eigenvalue weighted by molar-refractivity contribution is 0.0971. The maximum Gasteiger partial charge on any atom is 0.190 e. The van der Waals surface area contributed by atoms with E-state index < -0.39 is 0 Å². The van der Waals surface area contributed by atoms with Crippen molar-refractivity contribution >= 4 is 11.6 Å². The van der Waals surface area contributed by atoms with Crippen LogP contribution in [0, 0.1) is 13.8 Å². The van der Waals surface area contributed by atoms with E-state index in [1.807, 2.05) is 32.9 Å². The Bertz CT molecular complexity index is 694. The molecule has 1 aliphatic carbocycles. The second-order valence-corrected chi connectivity index (χ2v) is 7.82. The van der Waals surface area contributed by atoms with Crippen molar-refractivity contribution < 1.29 is 9.59 Å². The van der Waals surface area contributed by atoms with E-state index in [1.165, 1.54) is 44.9 Å². The standard InChI is InChI=1S/C24H34O2/c1-5-6-7-8-9-10-11-12-13-14-20-19(4)23(25)21-15-17(2)18(3)16-22(21)24(20)26/h15-16H,5-14H2,1-4H3. The summed E-state index contributed by atoms with van der Waals surface area (Å²) in [6.07, 6.45) is 12.1. The van der Waals surface area contributed by atoms with Gasteiger partial charge in [-0.05, 0) is 56.9 Å². The summed E-state index contributed by atoms with van der Waals surface area (Å²) in [5.74, 6) is 0.105. The molecule has 0 aromatic heterocycles. The van der Waals surface area contributed by atoms with Gasteiger partial charge in [0.05, 0.1) is 0 Å². The van der Waals surface area contributed by atoms with E-state index in [2.05, 4.69) is 6.92 Å². The van der Waals surface area contributed by atoms with Crippen LogP contribution in [-0.4, -0.2) is 11.6 Å². The lowest BCUT2D eigenvalue weighted by Crippen LogP contribution is -2.21. The molecular formula is C24H34O2. The average Bonchev–Trinajstić information content (AvgIpc) is 2.62. The van der Waals surface area contributed by atoms with Gasteiger partial charge in [-0.1, -0.05) is 58.3 Å². The highest BCUT2D eigenvalue weighted by molar-refractivity contribution is 6.26. The van der Waals surface area contributed by atoms with Crippen LogP contribution >= 0.6 is 0 Å². The Hall–Kier alpha value is -1.70. The largest absolute Gasteiger partial charge is 0.289 e. The summed E-state index contributed by atoms with van der Waals surface area (Å²) in [5, 5.41) is 0. The smallest absolute Gasteiger partial charge is 0.190 e. The third kappa shape index (κ3) is 4.93. The van der Waals surface area contributed by atoms with Crippen LogP contribution in [0.1, 0.15) is 110 Å². The highest BCUT2D eigenvalue weighted by atomic mass is 16.1. The Morgan fingerprint density at radius 3 is 1.65 bits per heavy atom. The minimum atomic E-state index is 0.0358. The van der Waals surface area contributed by atoms with Crippen molar-refractivity contribution in [1.29, 1.82) is 0 Å². The van der Waals surface area contributed by atoms with Crippen LogP contribution in [0.3, 0.4) is 0 Å². The van der Waals surface area contributed by atoms with Crippen LogP contribution in [0.15, 0.2) is 23.3 Å². The van der Waals surface area contributed by atoms with E-state index in [4.69, 9.17) is 0 Å². The van der Waals surface area contributed by atoms with Crippen molar-refractivity contribution in [1.82, 2.24) is 0 Å². The van der Waals surface area contributed by atoms with E-state index in [-0.39, 0.29) is 11.6 Å². The zero-order valence-corrected chi connectivity index (χ0v) is 17.0. The minimum absolute atomic E-state index is 0.0358. The highest BCUT2D eigenvalue weighted by Crippen LogP contribution is 2.31. The maximum atomic E-state index is 12.9. The van der Waals surface area contributed by atoms with E-state index in [1.54, 1.807) is 0 Å². The average molecular weight is 355 g/mol. The molecule has 0 saturated carbocycles. The van der Waals surface area contributed by atoms with Gasteiger partial charge in [0.15, 0.2) is 11.6 Å². The monoisotopic (exact) mass is 354 g/mol. The van der Waals surface area contributed by atoms with Crippen LogP contribution in [0.5, 0.6) is 0 Å². The van der Waals surface area contributed by atoms with Gasteiger partial charge in [-0.15, -0.1) is 0 Å². The van der Waals surface area contributed by atoms with Crippen molar-refractivity contribution in [3.63, 3.8) is 0 Å². The number of unbranched alkanes of at least 4 members (excludes halogenated alkanes) is 8. The molecule has 0 unspecified atom stereocenters. The first kappa shape index (κ1) is 20.6. The van der Waals surface area contributed by atoms with Crippen LogP contribution in [0.2, 0.25) is 0 Å². The molecule has 1 aromatic carbocycles. The molecule has 2 nitrogen and oxygen atoms in total. The molecule has 0 N–H and O–H groups in total. The number of aryl methyl sites for hydroxylation is 2. The van der Waals surface area contributed by atoms with Crippen LogP contribution in [-0.2, 0) is 0 Å². The Balaban J connectivity index is 1.88. The second-order valence-electron chi connectivity index (χ2n) is 7.82. The topological polar surface area (TPSA) is 34.1 Å². The Labute approximate surface area is 159 Å². The van der Waals surface area contributed by atoms with Crippen molar-refractivity contribution in [3.8, 4) is 0 Å². The predicted octanol–water partition coefficient (Wildman–Crippen LogP) is 6.92. The molecular weight excluding hydrogens is 320 g/mol. The van der Waals surface area contributed by atoms with Gasteiger partial charge in [-0.3, -0.25) is 9.59 Å². The molecule has 0 spiro atoms. The number of rotatable bonds is 10. The predicted molar refractivity (Wildman–Crippen MR) is 109 cm³/mol. The van der Waals surface area contributed by atoms with E-state index in [9.17, 15) is 9.59 Å². The molecule has 0 fully saturated rings. The van der Waals surface area contributed by atoms with Gasteiger partial charge >= 0.3 is 0 Å². The number of hydrogen-bond donors (Lipinski definition) is 0. The molecule has 0 aliphatic heterocycles. The zero-order valence-electron chi connectivity index (χ0n) is 17.0. The Morgan fingerprint density at radius 2 is 1.12 bits per heavy atom. The number of benzene rings is 1. The number of Topliss-reactive ketones (excluding diaryl/α,β-unsaturated/α-hetero) is 2. The van der Waals surface area contributed by atoms with Crippen LogP contribution in [0.4, 0.5) is 0 Å². The third-order valence-corrected chi connectivity index (χ3v) is 5.72. The second kappa shape index (κ2) is 9.85. The molecule has 0 amide bonds. The van der Waals surface area contributed by atoms with Gasteiger partial charge in [0.1, 0.15) is 0 Å². The zero-order chi connectivity index (χ0) is 19.1. The quantitative estimate of drug-likeness (QED) is 0.427. The lowest BCUT2D eigenvalue weighted by atomic mass is 9.81. The SMILES string of the molecule is CCCCCCCCCCCC1=C(C)C(=O)c2cc(C)c(C)cc2C1=O. The minimum Gasteiger partial charge on any atom is -0.289 e. The maximum absolute atomic E-state index is 12.9. The summed E-state index contributed by atoms with van der Waals surface area (Å²) in [6, 6.07) is 3.78. The molecule has 2 rings (SSSR count). The number of ketones is 2.